The van der Waals surface area contributed by atoms with Crippen LogP contribution in [0.15, 0.2) is 72.8 Å². The van der Waals surface area contributed by atoms with E-state index < -0.39 is 7.94 Å². The SMILES string of the molecule is CCCCCCCC[P+](Oc1ccccc1C(C)(C)C)(Oc1ccccc1C(C)(C)C)Oc1ccccc1C(C)(C)C. The standard InChI is InChI=1S/C38H56O3P/c1-11-12-13-14-15-22-29-42(39-33-26-19-16-23-30(33)36(2,3)4,40-34-27-20-17-24-31(34)37(5,6)7)41-35-28-21-18-25-32(35)38(8,9)10/h16-21,23-28H,11-15,22,29H2,1-10H3/q+1. The quantitative estimate of drug-likeness (QED) is 0.146. The highest BCUT2D eigenvalue weighted by molar-refractivity contribution is 7.62. The van der Waals surface area contributed by atoms with Crippen molar-refractivity contribution in [3.63, 3.8) is 0 Å². The average molecular weight is 592 g/mol. The van der Waals surface area contributed by atoms with Gasteiger partial charge in [-0.25, -0.2) is 0 Å². The zero-order chi connectivity index (χ0) is 31.0. The molecule has 0 aliphatic rings. The molecule has 0 saturated carbocycles. The molecular weight excluding hydrogens is 535 g/mol. The Morgan fingerprint density at radius 3 is 1.10 bits per heavy atom. The molecule has 0 fully saturated rings. The van der Waals surface area contributed by atoms with Gasteiger partial charge >= 0.3 is 7.94 Å². The van der Waals surface area contributed by atoms with E-state index in [0.29, 0.717) is 6.16 Å². The van der Waals surface area contributed by atoms with Crippen LogP contribution in [0.25, 0.3) is 0 Å². The van der Waals surface area contributed by atoms with Crippen LogP contribution in [-0.4, -0.2) is 6.16 Å². The first-order valence-corrected chi connectivity index (χ1v) is 17.6. The molecule has 0 unspecified atom stereocenters. The van der Waals surface area contributed by atoms with Gasteiger partial charge in [0.25, 0.3) is 0 Å². The second-order valence-corrected chi connectivity index (χ2v) is 16.8. The minimum Gasteiger partial charge on any atom is -0.271 e. The van der Waals surface area contributed by atoms with Crippen LogP contribution in [0, 0.1) is 0 Å². The molecule has 0 saturated heterocycles. The van der Waals surface area contributed by atoms with Crippen molar-refractivity contribution in [3.8, 4) is 17.2 Å². The lowest BCUT2D eigenvalue weighted by Crippen LogP contribution is -2.24. The molecular formula is C38H56O3P+. The largest absolute Gasteiger partial charge is 0.541 e. The first-order chi connectivity index (χ1) is 19.7. The van der Waals surface area contributed by atoms with Crippen molar-refractivity contribution < 1.29 is 13.6 Å². The molecule has 0 aromatic heterocycles. The number of benzene rings is 3. The smallest absolute Gasteiger partial charge is 0.271 e. The highest BCUT2D eigenvalue weighted by Crippen LogP contribution is 2.63. The van der Waals surface area contributed by atoms with Crippen molar-refractivity contribution >= 4 is 7.94 Å². The first kappa shape index (κ1) is 34.0. The molecule has 0 aliphatic carbocycles. The highest BCUT2D eigenvalue weighted by Gasteiger charge is 2.51. The Hall–Kier alpha value is -2.51. The minimum atomic E-state index is -3.01. The van der Waals surface area contributed by atoms with Crippen molar-refractivity contribution in [2.45, 2.75) is 124 Å². The third-order valence-electron chi connectivity index (χ3n) is 7.58. The topological polar surface area (TPSA) is 27.7 Å². The molecule has 42 heavy (non-hydrogen) atoms. The van der Waals surface area contributed by atoms with E-state index in [9.17, 15) is 0 Å². The molecule has 0 radical (unpaired) electrons. The number of unbranched alkanes of at least 4 members (excludes halogenated alkanes) is 5. The van der Waals surface area contributed by atoms with Gasteiger partial charge in [0.15, 0.2) is 23.4 Å². The second kappa shape index (κ2) is 14.3. The third-order valence-corrected chi connectivity index (χ3v) is 9.87. The van der Waals surface area contributed by atoms with E-state index in [-0.39, 0.29) is 16.2 Å². The van der Waals surface area contributed by atoms with Gasteiger partial charge in [0.1, 0.15) is 0 Å². The third kappa shape index (κ3) is 9.50. The zero-order valence-corrected chi connectivity index (χ0v) is 28.9. The van der Waals surface area contributed by atoms with Gasteiger partial charge in [-0.2, -0.15) is 0 Å². The summed E-state index contributed by atoms with van der Waals surface area (Å²) in [6.45, 7) is 22.3. The molecule has 3 nitrogen and oxygen atoms in total. The molecule has 3 aromatic rings. The van der Waals surface area contributed by atoms with Crippen molar-refractivity contribution in [2.75, 3.05) is 6.16 Å². The fourth-order valence-corrected chi connectivity index (χ4v) is 7.60. The van der Waals surface area contributed by atoms with Gasteiger partial charge < -0.3 is 0 Å². The maximum absolute atomic E-state index is 7.20. The summed E-state index contributed by atoms with van der Waals surface area (Å²) in [7, 11) is -3.01. The van der Waals surface area contributed by atoms with E-state index >= 15 is 0 Å². The van der Waals surface area contributed by atoms with Crippen molar-refractivity contribution in [1.82, 2.24) is 0 Å². The van der Waals surface area contributed by atoms with Crippen LogP contribution in [0.2, 0.25) is 0 Å². The van der Waals surface area contributed by atoms with Crippen LogP contribution in [-0.2, 0) is 16.2 Å². The van der Waals surface area contributed by atoms with Gasteiger partial charge in [-0.15, -0.1) is 0 Å². The molecule has 0 bridgehead atoms. The summed E-state index contributed by atoms with van der Waals surface area (Å²) in [5.74, 6) is 2.52. The number of rotatable bonds is 13. The monoisotopic (exact) mass is 591 g/mol. The van der Waals surface area contributed by atoms with E-state index in [2.05, 4.69) is 142 Å². The van der Waals surface area contributed by atoms with Gasteiger partial charge in [-0.3, -0.25) is 13.6 Å². The predicted octanol–water partition coefficient (Wildman–Crippen LogP) is 12.2. The zero-order valence-electron chi connectivity index (χ0n) is 28.0. The van der Waals surface area contributed by atoms with Crippen LogP contribution in [0.3, 0.4) is 0 Å². The van der Waals surface area contributed by atoms with Gasteiger partial charge in [0.2, 0.25) is 0 Å². The van der Waals surface area contributed by atoms with Crippen LogP contribution in [0.1, 0.15) is 124 Å². The van der Waals surface area contributed by atoms with Crippen LogP contribution in [0.4, 0.5) is 0 Å². The lowest BCUT2D eigenvalue weighted by molar-refractivity contribution is 0.339. The van der Waals surface area contributed by atoms with Gasteiger partial charge in [0, 0.05) is 16.7 Å². The second-order valence-electron chi connectivity index (χ2n) is 14.6. The normalized spacial score (nSPS) is 12.7. The van der Waals surface area contributed by atoms with E-state index in [1.54, 1.807) is 0 Å². The summed E-state index contributed by atoms with van der Waals surface area (Å²) in [6, 6.07) is 25.2. The number of hydrogen-bond acceptors (Lipinski definition) is 3. The summed E-state index contributed by atoms with van der Waals surface area (Å²) >= 11 is 0. The molecule has 0 heterocycles. The molecule has 4 heteroatoms. The maximum atomic E-state index is 7.20. The van der Waals surface area contributed by atoms with Crippen molar-refractivity contribution in [2.24, 2.45) is 0 Å². The summed E-state index contributed by atoms with van der Waals surface area (Å²) in [6.07, 6.45) is 7.80. The molecule has 230 valence electrons. The summed E-state index contributed by atoms with van der Waals surface area (Å²) < 4.78 is 21.6. The molecule has 0 aliphatic heterocycles. The Labute approximate surface area is 258 Å². The molecule has 0 amide bonds. The molecule has 3 rings (SSSR count). The number of para-hydroxylation sites is 3. The lowest BCUT2D eigenvalue weighted by atomic mass is 9.86. The van der Waals surface area contributed by atoms with Crippen molar-refractivity contribution in [1.29, 1.82) is 0 Å². The van der Waals surface area contributed by atoms with E-state index in [1.165, 1.54) is 25.7 Å². The van der Waals surface area contributed by atoms with Gasteiger partial charge in [-0.05, 0) is 47.3 Å². The molecule has 3 aromatic carbocycles. The molecule has 0 spiro atoms. The van der Waals surface area contributed by atoms with Gasteiger partial charge in [-0.1, -0.05) is 150 Å². The van der Waals surface area contributed by atoms with E-state index in [0.717, 1.165) is 46.8 Å². The Kier molecular flexibility index (Phi) is 11.6. The predicted molar refractivity (Wildman–Crippen MR) is 182 cm³/mol. The van der Waals surface area contributed by atoms with E-state index in [4.69, 9.17) is 13.6 Å². The van der Waals surface area contributed by atoms with Crippen molar-refractivity contribution in [3.05, 3.63) is 89.5 Å². The summed E-state index contributed by atoms with van der Waals surface area (Å²) in [5.41, 5.74) is 3.16. The summed E-state index contributed by atoms with van der Waals surface area (Å²) in [5, 5.41) is 0. The molecule has 0 atom stereocenters. The average Bonchev–Trinajstić information content (AvgIpc) is 2.90. The summed E-state index contributed by atoms with van der Waals surface area (Å²) in [4.78, 5) is 0. The Balaban J connectivity index is 2.19. The van der Waals surface area contributed by atoms with Crippen LogP contribution < -0.4 is 13.6 Å². The van der Waals surface area contributed by atoms with Crippen LogP contribution >= 0.6 is 7.94 Å². The minimum absolute atomic E-state index is 0.0982. The fourth-order valence-electron chi connectivity index (χ4n) is 5.23. The first-order valence-electron chi connectivity index (χ1n) is 15.9. The fraction of sp³-hybridized carbons (Fsp3) is 0.526. The Morgan fingerprint density at radius 2 is 0.762 bits per heavy atom. The maximum Gasteiger partial charge on any atom is 0.541 e. The lowest BCUT2D eigenvalue weighted by Gasteiger charge is -2.30. The highest BCUT2D eigenvalue weighted by atomic mass is 31.2. The number of hydrogen-bond donors (Lipinski definition) is 0. The molecule has 0 N–H and O–H groups in total. The Morgan fingerprint density at radius 1 is 0.452 bits per heavy atom. The Bertz CT molecular complexity index is 1120. The van der Waals surface area contributed by atoms with Crippen LogP contribution in [0.5, 0.6) is 17.2 Å². The van der Waals surface area contributed by atoms with E-state index in [1.807, 2.05) is 0 Å². The van der Waals surface area contributed by atoms with Gasteiger partial charge in [0.05, 0.1) is 0 Å².